The Balaban J connectivity index is 1.82. The molecule has 1 aliphatic rings. The molecule has 2 atom stereocenters. The Morgan fingerprint density at radius 1 is 1.26 bits per heavy atom. The van der Waals surface area contributed by atoms with Gasteiger partial charge in [0.2, 0.25) is 6.10 Å². The first-order chi connectivity index (χ1) is 10.9. The van der Waals surface area contributed by atoms with Crippen LogP contribution in [0.3, 0.4) is 0 Å². The van der Waals surface area contributed by atoms with Crippen molar-refractivity contribution in [2.24, 2.45) is 11.3 Å². The number of nitrogens with zero attached hydrogens (tertiary/aromatic N) is 1. The maximum absolute atomic E-state index is 12.1. The summed E-state index contributed by atoms with van der Waals surface area (Å²) in [5.74, 6) is 0.406. The monoisotopic (exact) mass is 309 g/mol. The molecule has 1 saturated carbocycles. The zero-order valence-corrected chi connectivity index (χ0v) is 13.5. The number of hydrogen-bond acceptors (Lipinski definition) is 4. The highest BCUT2D eigenvalue weighted by Crippen LogP contribution is 2.52. The number of rotatable bonds is 4. The second-order valence-corrected chi connectivity index (χ2v) is 6.66. The van der Waals surface area contributed by atoms with Crippen molar-refractivity contribution in [1.82, 2.24) is 0 Å². The lowest BCUT2D eigenvalue weighted by Crippen LogP contribution is -2.14. The molecule has 0 spiro atoms. The molecular weight excluding hydrogens is 290 g/mol. The Bertz CT molecular complexity index is 804. The molecule has 23 heavy (non-hydrogen) atoms. The highest BCUT2D eigenvalue weighted by Gasteiger charge is 2.52. The summed E-state index contributed by atoms with van der Waals surface area (Å²) in [6.07, 6.45) is -0.0491. The molecule has 1 aliphatic carbocycles. The van der Waals surface area contributed by atoms with Crippen LogP contribution in [0.5, 0.6) is 5.75 Å². The van der Waals surface area contributed by atoms with Gasteiger partial charge in [-0.25, -0.2) is 0 Å². The lowest BCUT2D eigenvalue weighted by Gasteiger charge is -2.13. The minimum Gasteiger partial charge on any atom is -0.497 e. The molecule has 4 heteroatoms. The first-order valence-electron chi connectivity index (χ1n) is 7.62. The van der Waals surface area contributed by atoms with Crippen molar-refractivity contribution >= 4 is 16.7 Å². The summed E-state index contributed by atoms with van der Waals surface area (Å²) in [5.41, 5.74) is 0.689. The first kappa shape index (κ1) is 15.4. The van der Waals surface area contributed by atoms with E-state index in [0.717, 1.165) is 22.9 Å². The smallest absolute Gasteiger partial charge is 0.311 e. The highest BCUT2D eigenvalue weighted by atomic mass is 16.5. The van der Waals surface area contributed by atoms with Crippen molar-refractivity contribution in [2.75, 3.05) is 7.11 Å². The SMILES string of the molecule is COc1ccc2cc(C(C#N)OC(=O)C3CC3(C)C)ccc2c1. The van der Waals surface area contributed by atoms with Crippen LogP contribution < -0.4 is 4.74 Å². The quantitative estimate of drug-likeness (QED) is 0.801. The van der Waals surface area contributed by atoms with E-state index >= 15 is 0 Å². The molecule has 2 aromatic rings. The Labute approximate surface area is 135 Å². The van der Waals surface area contributed by atoms with Crippen LogP contribution in [0.15, 0.2) is 36.4 Å². The number of ether oxygens (including phenoxy) is 2. The molecule has 0 N–H and O–H groups in total. The van der Waals surface area contributed by atoms with Crippen LogP contribution in [0.1, 0.15) is 31.9 Å². The zero-order valence-electron chi connectivity index (χ0n) is 13.5. The molecule has 2 unspecified atom stereocenters. The van der Waals surface area contributed by atoms with Crippen molar-refractivity contribution in [2.45, 2.75) is 26.4 Å². The third-order valence-electron chi connectivity index (χ3n) is 4.52. The van der Waals surface area contributed by atoms with Crippen LogP contribution in [0, 0.1) is 22.7 Å². The summed E-state index contributed by atoms with van der Waals surface area (Å²) < 4.78 is 10.6. The van der Waals surface area contributed by atoms with E-state index in [1.165, 1.54) is 0 Å². The van der Waals surface area contributed by atoms with Crippen LogP contribution >= 0.6 is 0 Å². The minimum atomic E-state index is -0.870. The number of benzene rings is 2. The van der Waals surface area contributed by atoms with Gasteiger partial charge in [-0.1, -0.05) is 32.0 Å². The Kier molecular flexibility index (Phi) is 3.73. The summed E-state index contributed by atoms with van der Waals surface area (Å²) in [7, 11) is 1.63. The summed E-state index contributed by atoms with van der Waals surface area (Å²) >= 11 is 0. The normalized spacial score (nSPS) is 19.7. The number of nitriles is 1. The topological polar surface area (TPSA) is 59.3 Å². The molecule has 0 bridgehead atoms. The summed E-state index contributed by atoms with van der Waals surface area (Å²) in [4.78, 5) is 12.1. The first-order valence-corrected chi connectivity index (χ1v) is 7.62. The average Bonchev–Trinajstić information content (AvgIpc) is 3.20. The van der Waals surface area contributed by atoms with Crippen LogP contribution in [0.25, 0.3) is 10.8 Å². The van der Waals surface area contributed by atoms with E-state index in [2.05, 4.69) is 6.07 Å². The van der Waals surface area contributed by atoms with Gasteiger partial charge in [0.1, 0.15) is 11.8 Å². The van der Waals surface area contributed by atoms with Crippen LogP contribution in [-0.4, -0.2) is 13.1 Å². The van der Waals surface area contributed by atoms with Crippen molar-refractivity contribution in [3.63, 3.8) is 0 Å². The van der Waals surface area contributed by atoms with Crippen LogP contribution in [0.2, 0.25) is 0 Å². The van der Waals surface area contributed by atoms with Gasteiger partial charge < -0.3 is 9.47 Å². The van der Waals surface area contributed by atoms with Gasteiger partial charge in [-0.3, -0.25) is 4.79 Å². The third kappa shape index (κ3) is 3.00. The van der Waals surface area contributed by atoms with Gasteiger partial charge in [0, 0.05) is 5.56 Å². The van der Waals surface area contributed by atoms with E-state index in [1.807, 2.05) is 50.2 Å². The lowest BCUT2D eigenvalue weighted by molar-refractivity contribution is -0.149. The Morgan fingerprint density at radius 2 is 1.91 bits per heavy atom. The number of methoxy groups -OCH3 is 1. The molecule has 1 fully saturated rings. The summed E-state index contributed by atoms with van der Waals surface area (Å²) in [5, 5.41) is 11.4. The molecular formula is C19H19NO3. The molecule has 2 aromatic carbocycles. The van der Waals surface area contributed by atoms with E-state index in [0.29, 0.717) is 5.56 Å². The summed E-state index contributed by atoms with van der Waals surface area (Å²) in [6, 6.07) is 13.4. The van der Waals surface area contributed by atoms with E-state index in [4.69, 9.17) is 9.47 Å². The largest absolute Gasteiger partial charge is 0.497 e. The fourth-order valence-electron chi connectivity index (χ4n) is 2.77. The Hall–Kier alpha value is -2.54. The van der Waals surface area contributed by atoms with E-state index < -0.39 is 6.10 Å². The van der Waals surface area contributed by atoms with Crippen molar-refractivity contribution < 1.29 is 14.3 Å². The fourth-order valence-corrected chi connectivity index (χ4v) is 2.77. The second kappa shape index (κ2) is 5.58. The van der Waals surface area contributed by atoms with Crippen LogP contribution in [0.4, 0.5) is 0 Å². The maximum atomic E-state index is 12.1. The lowest BCUT2D eigenvalue weighted by atomic mass is 10.0. The number of carbonyl (C=O) groups is 1. The van der Waals surface area contributed by atoms with Gasteiger partial charge in [-0.15, -0.1) is 0 Å². The van der Waals surface area contributed by atoms with Crippen molar-refractivity contribution in [3.8, 4) is 11.8 Å². The van der Waals surface area contributed by atoms with E-state index in [-0.39, 0.29) is 17.3 Å². The van der Waals surface area contributed by atoms with Gasteiger partial charge in [-0.05, 0) is 40.8 Å². The molecule has 0 amide bonds. The van der Waals surface area contributed by atoms with Gasteiger partial charge in [0.15, 0.2) is 0 Å². The molecule has 0 radical (unpaired) electrons. The molecule has 0 saturated heterocycles. The second-order valence-electron chi connectivity index (χ2n) is 6.66. The van der Waals surface area contributed by atoms with Gasteiger partial charge in [0.25, 0.3) is 0 Å². The van der Waals surface area contributed by atoms with Crippen molar-refractivity contribution in [3.05, 3.63) is 42.0 Å². The summed E-state index contributed by atoms with van der Waals surface area (Å²) in [6.45, 7) is 4.06. The number of hydrogen-bond donors (Lipinski definition) is 0. The molecule has 3 rings (SSSR count). The molecule has 118 valence electrons. The number of fused-ring (bicyclic) bond motifs is 1. The number of esters is 1. The minimum absolute atomic E-state index is 0.00295. The molecule has 0 heterocycles. The standard InChI is InChI=1S/C19H19NO3/c1-19(2)10-16(19)18(21)23-17(11-20)14-5-4-13-9-15(22-3)7-6-12(13)8-14/h4-9,16-17H,10H2,1-3H3. The molecule has 4 nitrogen and oxygen atoms in total. The van der Waals surface area contributed by atoms with Gasteiger partial charge >= 0.3 is 5.97 Å². The van der Waals surface area contributed by atoms with Crippen molar-refractivity contribution in [1.29, 1.82) is 5.26 Å². The zero-order chi connectivity index (χ0) is 16.6. The highest BCUT2D eigenvalue weighted by molar-refractivity contribution is 5.85. The maximum Gasteiger partial charge on any atom is 0.311 e. The average molecular weight is 309 g/mol. The van der Waals surface area contributed by atoms with E-state index in [9.17, 15) is 10.1 Å². The molecule has 0 aromatic heterocycles. The molecule has 0 aliphatic heterocycles. The Morgan fingerprint density at radius 3 is 2.52 bits per heavy atom. The van der Waals surface area contributed by atoms with Crippen LogP contribution in [-0.2, 0) is 9.53 Å². The van der Waals surface area contributed by atoms with Gasteiger partial charge in [-0.2, -0.15) is 5.26 Å². The van der Waals surface area contributed by atoms with Gasteiger partial charge in [0.05, 0.1) is 13.0 Å². The predicted octanol–water partition coefficient (Wildman–Crippen LogP) is 4.00. The third-order valence-corrected chi connectivity index (χ3v) is 4.52. The fraction of sp³-hybridized carbons (Fsp3) is 0.368. The predicted molar refractivity (Wildman–Crippen MR) is 86.8 cm³/mol. The van der Waals surface area contributed by atoms with E-state index in [1.54, 1.807) is 7.11 Å². The number of carbonyl (C=O) groups excluding carboxylic acids is 1.